The predicted molar refractivity (Wildman–Crippen MR) is 68.5 cm³/mol. The molecule has 0 bridgehead atoms. The van der Waals surface area contributed by atoms with E-state index in [1.54, 1.807) is 13.1 Å². The lowest BCUT2D eigenvalue weighted by atomic mass is 10.2. The molecule has 1 heterocycles. The van der Waals surface area contributed by atoms with Crippen molar-refractivity contribution in [3.8, 4) is 0 Å². The van der Waals surface area contributed by atoms with Gasteiger partial charge >= 0.3 is 6.09 Å². The SMILES string of the molecule is CCNC(NC(=O)OCC)c1ccc(Br)nc1. The van der Waals surface area contributed by atoms with Gasteiger partial charge in [-0.15, -0.1) is 0 Å². The lowest BCUT2D eigenvalue weighted by molar-refractivity contribution is 0.146. The predicted octanol–water partition coefficient (Wildman–Crippen LogP) is 2.20. The van der Waals surface area contributed by atoms with Crippen LogP contribution in [0, 0.1) is 0 Å². The molecular weight excluding hydrogens is 286 g/mol. The lowest BCUT2D eigenvalue weighted by Gasteiger charge is -2.19. The average molecular weight is 302 g/mol. The number of nitrogens with zero attached hydrogens (tertiary/aromatic N) is 1. The molecule has 1 aromatic heterocycles. The lowest BCUT2D eigenvalue weighted by Crippen LogP contribution is -2.38. The van der Waals surface area contributed by atoms with Gasteiger partial charge in [-0.3, -0.25) is 5.32 Å². The normalized spacial score (nSPS) is 11.9. The Morgan fingerprint density at radius 3 is 2.82 bits per heavy atom. The molecule has 1 amide bonds. The number of hydrogen-bond acceptors (Lipinski definition) is 4. The molecule has 6 heteroatoms. The molecule has 0 saturated carbocycles. The van der Waals surface area contributed by atoms with E-state index in [0.29, 0.717) is 6.61 Å². The van der Waals surface area contributed by atoms with Crippen LogP contribution >= 0.6 is 15.9 Å². The Hall–Kier alpha value is -1.14. The van der Waals surface area contributed by atoms with Gasteiger partial charge in [-0.25, -0.2) is 9.78 Å². The molecule has 1 rings (SSSR count). The molecule has 0 saturated heterocycles. The maximum atomic E-state index is 11.4. The molecule has 2 N–H and O–H groups in total. The summed E-state index contributed by atoms with van der Waals surface area (Å²) in [6.07, 6.45) is 0.963. The third-order valence-corrected chi connectivity index (χ3v) is 2.50. The van der Waals surface area contributed by atoms with Gasteiger partial charge in [0.1, 0.15) is 10.8 Å². The second kappa shape index (κ2) is 7.24. The highest BCUT2D eigenvalue weighted by Gasteiger charge is 2.13. The first-order valence-corrected chi connectivity index (χ1v) is 6.24. The van der Waals surface area contributed by atoms with Crippen LogP contribution in [0.4, 0.5) is 4.79 Å². The van der Waals surface area contributed by atoms with E-state index >= 15 is 0 Å². The molecule has 94 valence electrons. The molecule has 0 aliphatic heterocycles. The van der Waals surface area contributed by atoms with Crippen LogP contribution in [0.5, 0.6) is 0 Å². The van der Waals surface area contributed by atoms with Crippen molar-refractivity contribution in [2.24, 2.45) is 0 Å². The Bertz CT molecular complexity index is 356. The summed E-state index contributed by atoms with van der Waals surface area (Å²) in [5.41, 5.74) is 0.878. The van der Waals surface area contributed by atoms with Gasteiger partial charge in [0.05, 0.1) is 6.61 Å². The topological polar surface area (TPSA) is 63.2 Å². The first kappa shape index (κ1) is 13.9. The fraction of sp³-hybridized carbons (Fsp3) is 0.455. The fourth-order valence-corrected chi connectivity index (χ4v) is 1.54. The molecule has 17 heavy (non-hydrogen) atoms. The second-order valence-corrected chi connectivity index (χ2v) is 4.08. The number of carbonyl (C=O) groups is 1. The van der Waals surface area contributed by atoms with Crippen molar-refractivity contribution in [2.45, 2.75) is 20.0 Å². The number of ether oxygens (including phenoxy) is 1. The first-order chi connectivity index (χ1) is 8.17. The Morgan fingerprint density at radius 2 is 2.29 bits per heavy atom. The monoisotopic (exact) mass is 301 g/mol. The number of carbonyl (C=O) groups excluding carboxylic acids is 1. The molecule has 0 spiro atoms. The van der Waals surface area contributed by atoms with Gasteiger partial charge in [-0.1, -0.05) is 13.0 Å². The minimum absolute atomic E-state index is 0.292. The number of aromatic nitrogens is 1. The fourth-order valence-electron chi connectivity index (χ4n) is 1.30. The van der Waals surface area contributed by atoms with Crippen LogP contribution in [-0.4, -0.2) is 24.2 Å². The summed E-state index contributed by atoms with van der Waals surface area (Å²) in [6, 6.07) is 3.71. The quantitative estimate of drug-likeness (QED) is 0.646. The van der Waals surface area contributed by atoms with Crippen LogP contribution < -0.4 is 10.6 Å². The first-order valence-electron chi connectivity index (χ1n) is 5.45. The van der Waals surface area contributed by atoms with Crippen molar-refractivity contribution in [2.75, 3.05) is 13.2 Å². The smallest absolute Gasteiger partial charge is 0.408 e. The van der Waals surface area contributed by atoms with E-state index in [-0.39, 0.29) is 6.17 Å². The number of amides is 1. The van der Waals surface area contributed by atoms with Gasteiger partial charge in [0.25, 0.3) is 0 Å². The van der Waals surface area contributed by atoms with Crippen LogP contribution in [0.1, 0.15) is 25.6 Å². The standard InChI is InChI=1S/C11H16BrN3O2/c1-3-13-10(15-11(16)17-4-2)8-5-6-9(12)14-7-8/h5-7,10,13H,3-4H2,1-2H3,(H,15,16). The molecule has 0 radical (unpaired) electrons. The maximum absolute atomic E-state index is 11.4. The van der Waals surface area contributed by atoms with Gasteiger partial charge in [-0.2, -0.15) is 0 Å². The van der Waals surface area contributed by atoms with Crippen LogP contribution in [0.15, 0.2) is 22.9 Å². The minimum atomic E-state index is -0.443. The van der Waals surface area contributed by atoms with E-state index in [0.717, 1.165) is 16.7 Å². The van der Waals surface area contributed by atoms with Gasteiger partial charge in [0.15, 0.2) is 0 Å². The van der Waals surface area contributed by atoms with Crippen molar-refractivity contribution in [3.63, 3.8) is 0 Å². The van der Waals surface area contributed by atoms with E-state index in [1.165, 1.54) is 0 Å². The molecule has 1 atom stereocenters. The molecule has 5 nitrogen and oxygen atoms in total. The molecule has 0 fully saturated rings. The Kier molecular flexibility index (Phi) is 5.93. The van der Waals surface area contributed by atoms with Crippen LogP contribution in [0.2, 0.25) is 0 Å². The van der Waals surface area contributed by atoms with E-state index in [2.05, 4.69) is 31.5 Å². The maximum Gasteiger partial charge on any atom is 0.408 e. The molecule has 1 unspecified atom stereocenters. The zero-order chi connectivity index (χ0) is 12.7. The molecule has 0 aliphatic carbocycles. The molecule has 0 aliphatic rings. The minimum Gasteiger partial charge on any atom is -0.450 e. The number of halogens is 1. The zero-order valence-corrected chi connectivity index (χ0v) is 11.5. The summed E-state index contributed by atoms with van der Waals surface area (Å²) in [5, 5.41) is 5.87. The summed E-state index contributed by atoms with van der Waals surface area (Å²) in [7, 11) is 0. The van der Waals surface area contributed by atoms with Crippen molar-refractivity contribution in [3.05, 3.63) is 28.5 Å². The third kappa shape index (κ3) is 4.70. The Morgan fingerprint density at radius 1 is 1.53 bits per heavy atom. The average Bonchev–Trinajstić information content (AvgIpc) is 2.30. The van der Waals surface area contributed by atoms with Crippen molar-refractivity contribution in [1.29, 1.82) is 0 Å². The van der Waals surface area contributed by atoms with Crippen molar-refractivity contribution in [1.82, 2.24) is 15.6 Å². The number of hydrogen-bond donors (Lipinski definition) is 2. The van der Waals surface area contributed by atoms with E-state index in [4.69, 9.17) is 4.74 Å². The van der Waals surface area contributed by atoms with Gasteiger partial charge in [-0.05, 0) is 35.5 Å². The van der Waals surface area contributed by atoms with Crippen LogP contribution in [0.25, 0.3) is 0 Å². The second-order valence-electron chi connectivity index (χ2n) is 3.27. The number of rotatable bonds is 5. The largest absolute Gasteiger partial charge is 0.450 e. The molecular formula is C11H16BrN3O2. The van der Waals surface area contributed by atoms with Crippen LogP contribution in [-0.2, 0) is 4.74 Å². The summed E-state index contributed by atoms with van der Waals surface area (Å²) in [4.78, 5) is 15.5. The molecule has 1 aromatic rings. The van der Waals surface area contributed by atoms with Crippen molar-refractivity contribution >= 4 is 22.0 Å². The Balaban J connectivity index is 2.71. The number of nitrogens with one attached hydrogen (secondary N) is 2. The highest BCUT2D eigenvalue weighted by atomic mass is 79.9. The summed E-state index contributed by atoms with van der Waals surface area (Å²) in [6.45, 7) is 4.81. The highest BCUT2D eigenvalue weighted by Crippen LogP contribution is 2.12. The van der Waals surface area contributed by atoms with Gasteiger partial charge in [0.2, 0.25) is 0 Å². The molecule has 0 aromatic carbocycles. The number of alkyl carbamates (subject to hydrolysis) is 1. The highest BCUT2D eigenvalue weighted by molar-refractivity contribution is 9.10. The Labute approximate surface area is 109 Å². The zero-order valence-electron chi connectivity index (χ0n) is 9.87. The van der Waals surface area contributed by atoms with E-state index in [1.807, 2.05) is 19.1 Å². The van der Waals surface area contributed by atoms with Crippen molar-refractivity contribution < 1.29 is 9.53 Å². The van der Waals surface area contributed by atoms with E-state index < -0.39 is 6.09 Å². The van der Waals surface area contributed by atoms with Crippen LogP contribution in [0.3, 0.4) is 0 Å². The van der Waals surface area contributed by atoms with Gasteiger partial charge < -0.3 is 10.1 Å². The van der Waals surface area contributed by atoms with Gasteiger partial charge in [0, 0.05) is 11.8 Å². The summed E-state index contributed by atoms with van der Waals surface area (Å²) >= 11 is 3.27. The summed E-state index contributed by atoms with van der Waals surface area (Å²) in [5.74, 6) is 0. The third-order valence-electron chi connectivity index (χ3n) is 2.03. The summed E-state index contributed by atoms with van der Waals surface area (Å²) < 4.78 is 5.60. The van der Waals surface area contributed by atoms with E-state index in [9.17, 15) is 4.79 Å². The number of pyridine rings is 1.